The van der Waals surface area contributed by atoms with Crippen LogP contribution in [-0.4, -0.2) is 9.65 Å². The summed E-state index contributed by atoms with van der Waals surface area (Å²) in [7, 11) is 0. The van der Waals surface area contributed by atoms with Crippen LogP contribution in [0, 0.1) is 33.5 Å². The topological polar surface area (TPSA) is 47.6 Å². The molecule has 4 heteroatoms. The molecule has 0 bridgehead atoms. The molecule has 1 fully saturated rings. The number of allylic oxidation sites excluding steroid dienone is 4. The molecule has 0 radical (unpaired) electrons. The fourth-order valence-electron chi connectivity index (χ4n) is 3.20. The minimum atomic E-state index is -0.124. The molecule has 0 amide bonds. The van der Waals surface area contributed by atoms with Crippen LogP contribution in [0.3, 0.4) is 0 Å². The first-order valence-corrected chi connectivity index (χ1v) is 6.49. The Morgan fingerprint density at radius 2 is 1.47 bits per heavy atom. The second-order valence-corrected chi connectivity index (χ2v) is 6.28. The van der Waals surface area contributed by atoms with E-state index < -0.39 is 0 Å². The van der Waals surface area contributed by atoms with E-state index in [2.05, 4.69) is 44.0 Å². The normalized spacial score (nSPS) is 49.6. The summed E-state index contributed by atoms with van der Waals surface area (Å²) in [5, 5.41) is 18.3. The Bertz CT molecular complexity index is 462. The van der Waals surface area contributed by atoms with Gasteiger partial charge in [0.2, 0.25) is 0 Å². The highest BCUT2D eigenvalue weighted by molar-refractivity contribution is 9.10. The summed E-state index contributed by atoms with van der Waals surface area (Å²) < 4.78 is 0. The molecular weight excluding hydrogens is 320 g/mol. The molecule has 0 aromatic rings. The van der Waals surface area contributed by atoms with E-state index in [1.54, 1.807) is 0 Å². The quantitative estimate of drug-likeness (QED) is 0.643. The molecule has 3 aliphatic carbocycles. The summed E-state index contributed by atoms with van der Waals surface area (Å²) in [5.41, 5.74) is 1.41. The highest BCUT2D eigenvalue weighted by atomic mass is 79.9. The van der Waals surface area contributed by atoms with E-state index >= 15 is 0 Å². The second kappa shape index (κ2) is 2.56. The second-order valence-electron chi connectivity index (χ2n) is 4.31. The first kappa shape index (κ1) is 9.63. The van der Waals surface area contributed by atoms with Gasteiger partial charge >= 0.3 is 0 Å². The van der Waals surface area contributed by atoms with Gasteiger partial charge in [-0.25, -0.2) is 0 Å². The fourth-order valence-corrected chi connectivity index (χ4v) is 5.36. The highest BCUT2D eigenvalue weighted by Gasteiger charge is 2.81. The Morgan fingerprint density at radius 3 is 1.80 bits per heavy atom. The highest BCUT2D eigenvalue weighted by Crippen LogP contribution is 2.83. The Morgan fingerprint density at radius 1 is 1.07 bits per heavy atom. The van der Waals surface area contributed by atoms with Gasteiger partial charge in [-0.1, -0.05) is 44.0 Å². The minimum Gasteiger partial charge on any atom is -0.193 e. The molecule has 0 aromatic carbocycles. The Kier molecular flexibility index (Phi) is 1.65. The summed E-state index contributed by atoms with van der Waals surface area (Å²) >= 11 is 7.18. The Labute approximate surface area is 105 Å². The summed E-state index contributed by atoms with van der Waals surface area (Å²) in [4.78, 5) is 0.265. The SMILES string of the molecule is N#CC1=C[C@H](Br)[C@]23C[C@@]12[C@H](Br)C=C3C#N. The van der Waals surface area contributed by atoms with Crippen molar-refractivity contribution in [2.24, 2.45) is 10.8 Å². The first-order chi connectivity index (χ1) is 7.13. The van der Waals surface area contributed by atoms with Gasteiger partial charge in [0.1, 0.15) is 0 Å². The fraction of sp³-hybridized carbons (Fsp3) is 0.455. The van der Waals surface area contributed by atoms with E-state index in [-0.39, 0.29) is 20.5 Å². The molecule has 15 heavy (non-hydrogen) atoms. The van der Waals surface area contributed by atoms with Gasteiger partial charge in [0, 0.05) is 31.6 Å². The summed E-state index contributed by atoms with van der Waals surface area (Å²) in [6.45, 7) is 0. The van der Waals surface area contributed by atoms with Crippen molar-refractivity contribution in [1.29, 1.82) is 10.5 Å². The van der Waals surface area contributed by atoms with Gasteiger partial charge in [0.15, 0.2) is 0 Å². The zero-order valence-corrected chi connectivity index (χ0v) is 10.8. The third-order valence-corrected chi connectivity index (χ3v) is 6.09. The summed E-state index contributed by atoms with van der Waals surface area (Å²) in [6, 6.07) is 4.55. The van der Waals surface area contributed by atoms with Crippen LogP contribution in [0.2, 0.25) is 0 Å². The van der Waals surface area contributed by atoms with Crippen LogP contribution >= 0.6 is 31.9 Å². The molecule has 74 valence electrons. The van der Waals surface area contributed by atoms with Crippen LogP contribution in [0.25, 0.3) is 0 Å². The van der Waals surface area contributed by atoms with E-state index in [1.165, 1.54) is 0 Å². The number of rotatable bonds is 0. The van der Waals surface area contributed by atoms with Crippen molar-refractivity contribution in [3.63, 3.8) is 0 Å². The predicted molar refractivity (Wildman–Crippen MR) is 62.3 cm³/mol. The molecule has 0 aliphatic heterocycles. The van der Waals surface area contributed by atoms with Crippen molar-refractivity contribution in [2.45, 2.75) is 16.1 Å². The summed E-state index contributed by atoms with van der Waals surface area (Å²) in [6.07, 6.45) is 4.84. The standard InChI is InChI=1S/C11H6Br2N2/c12-8-1-6(3-14)10-5-11(8,10)7(4-15)2-9(10)13/h1-2,8-9H,5H2/t8-,9+,10-,11+. The van der Waals surface area contributed by atoms with Crippen LogP contribution in [0.15, 0.2) is 23.3 Å². The molecule has 0 N–H and O–H groups in total. The van der Waals surface area contributed by atoms with Crippen LogP contribution < -0.4 is 0 Å². The Balaban J connectivity index is 2.19. The molecule has 0 heterocycles. The predicted octanol–water partition coefficient (Wildman–Crippen LogP) is 2.82. The largest absolute Gasteiger partial charge is 0.193 e. The van der Waals surface area contributed by atoms with Gasteiger partial charge in [-0.05, 0) is 6.42 Å². The minimum absolute atomic E-state index is 0.124. The van der Waals surface area contributed by atoms with Gasteiger partial charge in [-0.15, -0.1) is 0 Å². The van der Waals surface area contributed by atoms with Crippen LogP contribution in [0.1, 0.15) is 6.42 Å². The maximum absolute atomic E-state index is 9.13. The zero-order valence-electron chi connectivity index (χ0n) is 7.67. The monoisotopic (exact) mass is 324 g/mol. The van der Waals surface area contributed by atoms with E-state index in [0.29, 0.717) is 0 Å². The van der Waals surface area contributed by atoms with E-state index in [1.807, 2.05) is 12.2 Å². The number of hydrogen-bond acceptors (Lipinski definition) is 2. The van der Waals surface area contributed by atoms with Gasteiger partial charge in [0.25, 0.3) is 0 Å². The number of alkyl halides is 2. The molecule has 2 nitrogen and oxygen atoms in total. The average Bonchev–Trinajstić information content (AvgIpc) is 2.81. The summed E-state index contributed by atoms with van der Waals surface area (Å²) in [5.74, 6) is 0. The van der Waals surface area contributed by atoms with Gasteiger partial charge in [0.05, 0.1) is 12.1 Å². The number of nitriles is 2. The smallest absolute Gasteiger partial charge is 0.0951 e. The van der Waals surface area contributed by atoms with Crippen LogP contribution in [0.5, 0.6) is 0 Å². The van der Waals surface area contributed by atoms with Crippen molar-refractivity contribution in [1.82, 2.24) is 0 Å². The van der Waals surface area contributed by atoms with Gasteiger partial charge in [-0.3, -0.25) is 0 Å². The van der Waals surface area contributed by atoms with Crippen molar-refractivity contribution < 1.29 is 0 Å². The maximum atomic E-state index is 9.13. The Hall–Kier alpha value is -0.580. The van der Waals surface area contributed by atoms with Crippen molar-refractivity contribution in [2.75, 3.05) is 0 Å². The molecule has 0 unspecified atom stereocenters. The molecule has 3 rings (SSSR count). The molecular formula is C11H6Br2N2. The lowest BCUT2D eigenvalue weighted by molar-refractivity contribution is 0.550. The number of nitrogens with zero attached hydrogens (tertiary/aromatic N) is 2. The van der Waals surface area contributed by atoms with Gasteiger partial charge < -0.3 is 0 Å². The van der Waals surface area contributed by atoms with Crippen LogP contribution in [-0.2, 0) is 0 Å². The van der Waals surface area contributed by atoms with Crippen molar-refractivity contribution in [3.8, 4) is 12.1 Å². The van der Waals surface area contributed by atoms with Crippen molar-refractivity contribution >= 4 is 31.9 Å². The molecule has 1 saturated carbocycles. The van der Waals surface area contributed by atoms with E-state index in [9.17, 15) is 0 Å². The molecule has 0 aromatic heterocycles. The molecule has 3 aliphatic rings. The van der Waals surface area contributed by atoms with Gasteiger partial charge in [-0.2, -0.15) is 10.5 Å². The van der Waals surface area contributed by atoms with E-state index in [0.717, 1.165) is 17.6 Å². The number of halogens is 2. The molecule has 4 atom stereocenters. The lowest BCUT2D eigenvalue weighted by Gasteiger charge is -2.15. The lowest BCUT2D eigenvalue weighted by atomic mass is 9.91. The van der Waals surface area contributed by atoms with Crippen molar-refractivity contribution in [3.05, 3.63) is 23.3 Å². The third kappa shape index (κ3) is 0.747. The average molecular weight is 326 g/mol. The first-order valence-electron chi connectivity index (χ1n) is 4.66. The number of hydrogen-bond donors (Lipinski definition) is 0. The lowest BCUT2D eigenvalue weighted by Crippen LogP contribution is -2.18. The zero-order chi connectivity index (χ0) is 10.8. The third-order valence-electron chi connectivity index (χ3n) is 4.00. The molecule has 0 spiro atoms. The maximum Gasteiger partial charge on any atom is 0.0951 e. The van der Waals surface area contributed by atoms with E-state index in [4.69, 9.17) is 10.5 Å². The van der Waals surface area contributed by atoms with Crippen LogP contribution in [0.4, 0.5) is 0 Å². The molecule has 0 saturated heterocycles.